The summed E-state index contributed by atoms with van der Waals surface area (Å²) in [5, 5.41) is 38.8. The molecule has 0 amide bonds. The first kappa shape index (κ1) is 23.5. The SMILES string of the molecule is CCC(O)CCCCCCCC1C(O)CC(O)C1CCCCCC=CO. The van der Waals surface area contributed by atoms with Gasteiger partial charge in [0.05, 0.1) is 24.6 Å². The summed E-state index contributed by atoms with van der Waals surface area (Å²) in [5.41, 5.74) is 0. The van der Waals surface area contributed by atoms with Gasteiger partial charge < -0.3 is 20.4 Å². The average Bonchev–Trinajstić information content (AvgIpc) is 2.90. The summed E-state index contributed by atoms with van der Waals surface area (Å²) in [6.45, 7) is 2.02. The molecule has 0 heterocycles. The lowest BCUT2D eigenvalue weighted by atomic mass is 9.85. The average molecular weight is 371 g/mol. The molecule has 0 aromatic heterocycles. The van der Waals surface area contributed by atoms with E-state index in [1.165, 1.54) is 19.3 Å². The minimum atomic E-state index is -0.345. The van der Waals surface area contributed by atoms with Crippen LogP contribution in [0.5, 0.6) is 0 Å². The van der Waals surface area contributed by atoms with E-state index >= 15 is 0 Å². The summed E-state index contributed by atoms with van der Waals surface area (Å²) in [6.07, 6.45) is 16.4. The fraction of sp³-hybridized carbons (Fsp3) is 0.909. The molecule has 5 unspecified atom stereocenters. The summed E-state index contributed by atoms with van der Waals surface area (Å²) in [7, 11) is 0. The largest absolute Gasteiger partial charge is 0.516 e. The van der Waals surface area contributed by atoms with Crippen LogP contribution >= 0.6 is 0 Å². The Hall–Kier alpha value is -0.580. The molecule has 26 heavy (non-hydrogen) atoms. The second-order valence-electron chi connectivity index (χ2n) is 8.13. The van der Waals surface area contributed by atoms with Crippen LogP contribution in [0.25, 0.3) is 0 Å². The Kier molecular flexibility index (Phi) is 13.1. The minimum Gasteiger partial charge on any atom is -0.516 e. The van der Waals surface area contributed by atoms with E-state index in [0.717, 1.165) is 70.5 Å². The molecular weight excluding hydrogens is 328 g/mol. The van der Waals surface area contributed by atoms with E-state index in [9.17, 15) is 15.3 Å². The van der Waals surface area contributed by atoms with Gasteiger partial charge in [0.25, 0.3) is 0 Å². The topological polar surface area (TPSA) is 80.9 Å². The molecule has 0 bridgehead atoms. The standard InChI is InChI=1S/C22H42O4/c1-2-18(24)13-9-5-3-6-10-14-19-20(22(26)17-21(19)25)15-11-7-4-8-12-16-23/h12,16,18-26H,2-11,13-15,17H2,1H3. The van der Waals surface area contributed by atoms with Crippen molar-refractivity contribution in [2.75, 3.05) is 0 Å². The summed E-state index contributed by atoms with van der Waals surface area (Å²) < 4.78 is 0. The molecule has 0 aliphatic heterocycles. The van der Waals surface area contributed by atoms with Gasteiger partial charge in [-0.05, 0) is 56.8 Å². The van der Waals surface area contributed by atoms with Crippen molar-refractivity contribution in [1.29, 1.82) is 0 Å². The van der Waals surface area contributed by atoms with Gasteiger partial charge in [-0.1, -0.05) is 57.9 Å². The first-order chi connectivity index (χ1) is 12.6. The van der Waals surface area contributed by atoms with Gasteiger partial charge >= 0.3 is 0 Å². The number of rotatable bonds is 15. The zero-order chi connectivity index (χ0) is 19.2. The zero-order valence-corrected chi connectivity index (χ0v) is 16.7. The lowest BCUT2D eigenvalue weighted by Gasteiger charge is -2.23. The molecule has 1 aliphatic rings. The van der Waals surface area contributed by atoms with E-state index in [2.05, 4.69) is 0 Å². The van der Waals surface area contributed by atoms with Crippen LogP contribution in [0.2, 0.25) is 0 Å². The lowest BCUT2D eigenvalue weighted by Crippen LogP contribution is -2.22. The van der Waals surface area contributed by atoms with E-state index < -0.39 is 0 Å². The van der Waals surface area contributed by atoms with Gasteiger partial charge in [-0.2, -0.15) is 0 Å². The summed E-state index contributed by atoms with van der Waals surface area (Å²) in [6, 6.07) is 0. The highest BCUT2D eigenvalue weighted by Gasteiger charge is 2.40. The highest BCUT2D eigenvalue weighted by atomic mass is 16.3. The molecule has 1 rings (SSSR count). The van der Waals surface area contributed by atoms with Gasteiger partial charge in [0.15, 0.2) is 0 Å². The first-order valence-corrected chi connectivity index (χ1v) is 10.9. The summed E-state index contributed by atoms with van der Waals surface area (Å²) >= 11 is 0. The van der Waals surface area contributed by atoms with Crippen molar-refractivity contribution < 1.29 is 20.4 Å². The van der Waals surface area contributed by atoms with Crippen LogP contribution in [0.1, 0.15) is 96.8 Å². The third-order valence-electron chi connectivity index (χ3n) is 6.08. The molecule has 1 fully saturated rings. The smallest absolute Gasteiger partial charge is 0.0751 e. The van der Waals surface area contributed by atoms with Crippen LogP contribution in [0.15, 0.2) is 12.3 Å². The van der Waals surface area contributed by atoms with Crippen molar-refractivity contribution in [3.8, 4) is 0 Å². The van der Waals surface area contributed by atoms with Gasteiger partial charge in [-0.15, -0.1) is 0 Å². The zero-order valence-electron chi connectivity index (χ0n) is 16.7. The molecule has 0 aromatic rings. The van der Waals surface area contributed by atoms with Crippen molar-refractivity contribution in [2.45, 2.75) is 115 Å². The molecule has 0 spiro atoms. The summed E-state index contributed by atoms with van der Waals surface area (Å²) in [5.74, 6) is 0.502. The van der Waals surface area contributed by atoms with E-state index in [-0.39, 0.29) is 30.1 Å². The minimum absolute atomic E-state index is 0.134. The Balaban J connectivity index is 2.16. The van der Waals surface area contributed by atoms with Gasteiger partial charge in [-0.25, -0.2) is 0 Å². The molecule has 1 saturated carbocycles. The van der Waals surface area contributed by atoms with Crippen LogP contribution in [0, 0.1) is 11.8 Å². The van der Waals surface area contributed by atoms with Gasteiger partial charge in [0.1, 0.15) is 0 Å². The Morgan fingerprint density at radius 3 is 1.96 bits per heavy atom. The fourth-order valence-electron chi connectivity index (χ4n) is 4.37. The van der Waals surface area contributed by atoms with Gasteiger partial charge in [0.2, 0.25) is 0 Å². The normalized spacial score (nSPS) is 27.4. The third kappa shape index (κ3) is 9.38. The number of unbranched alkanes of at least 4 members (excludes halogenated alkanes) is 7. The quantitative estimate of drug-likeness (QED) is 0.245. The van der Waals surface area contributed by atoms with Crippen molar-refractivity contribution in [1.82, 2.24) is 0 Å². The Labute approximate surface area is 160 Å². The number of allylic oxidation sites excluding steroid dienone is 1. The number of hydrogen-bond acceptors (Lipinski definition) is 4. The number of aliphatic hydroxyl groups excluding tert-OH is 4. The van der Waals surface area contributed by atoms with Crippen molar-refractivity contribution in [2.24, 2.45) is 11.8 Å². The van der Waals surface area contributed by atoms with E-state index in [1.807, 2.05) is 6.92 Å². The molecular formula is C22H42O4. The van der Waals surface area contributed by atoms with Gasteiger partial charge in [-0.3, -0.25) is 0 Å². The monoisotopic (exact) mass is 370 g/mol. The van der Waals surface area contributed by atoms with E-state index in [1.54, 1.807) is 6.08 Å². The molecule has 1 aliphatic carbocycles. The van der Waals surface area contributed by atoms with Crippen molar-refractivity contribution >= 4 is 0 Å². The third-order valence-corrected chi connectivity index (χ3v) is 6.08. The fourth-order valence-corrected chi connectivity index (χ4v) is 4.37. The lowest BCUT2D eigenvalue weighted by molar-refractivity contribution is 0.0999. The number of hydrogen-bond donors (Lipinski definition) is 4. The molecule has 4 N–H and O–H groups in total. The van der Waals surface area contributed by atoms with Crippen molar-refractivity contribution in [3.05, 3.63) is 12.3 Å². The molecule has 5 atom stereocenters. The maximum atomic E-state index is 10.3. The van der Waals surface area contributed by atoms with E-state index in [0.29, 0.717) is 6.42 Å². The Morgan fingerprint density at radius 2 is 1.38 bits per heavy atom. The molecule has 4 nitrogen and oxygen atoms in total. The predicted molar refractivity (Wildman–Crippen MR) is 107 cm³/mol. The Bertz CT molecular complexity index is 358. The van der Waals surface area contributed by atoms with Crippen LogP contribution in [-0.2, 0) is 0 Å². The second-order valence-corrected chi connectivity index (χ2v) is 8.13. The summed E-state index contributed by atoms with van der Waals surface area (Å²) in [4.78, 5) is 0. The maximum Gasteiger partial charge on any atom is 0.0751 e. The molecule has 0 saturated heterocycles. The molecule has 0 radical (unpaired) electrons. The Morgan fingerprint density at radius 1 is 0.846 bits per heavy atom. The second kappa shape index (κ2) is 14.5. The maximum absolute atomic E-state index is 10.3. The number of aliphatic hydroxyl groups is 4. The van der Waals surface area contributed by atoms with E-state index in [4.69, 9.17) is 5.11 Å². The molecule has 0 aromatic carbocycles. The van der Waals surface area contributed by atoms with Crippen molar-refractivity contribution in [3.63, 3.8) is 0 Å². The predicted octanol–water partition coefficient (Wildman–Crippen LogP) is 4.87. The van der Waals surface area contributed by atoms with Gasteiger partial charge in [0, 0.05) is 0 Å². The molecule has 154 valence electrons. The van der Waals surface area contributed by atoms with Crippen LogP contribution < -0.4 is 0 Å². The van der Waals surface area contributed by atoms with Crippen LogP contribution in [0.3, 0.4) is 0 Å². The first-order valence-electron chi connectivity index (χ1n) is 10.9. The highest BCUT2D eigenvalue weighted by molar-refractivity contribution is 4.90. The van der Waals surface area contributed by atoms with Crippen LogP contribution in [0.4, 0.5) is 0 Å². The van der Waals surface area contributed by atoms with Crippen LogP contribution in [-0.4, -0.2) is 38.7 Å². The molecule has 4 heteroatoms. The highest BCUT2D eigenvalue weighted by Crippen LogP contribution is 2.39.